The van der Waals surface area contributed by atoms with Gasteiger partial charge in [0.15, 0.2) is 5.96 Å². The smallest absolute Gasteiger partial charge is 0.193 e. The first kappa shape index (κ1) is 20.2. The van der Waals surface area contributed by atoms with Crippen molar-refractivity contribution in [3.05, 3.63) is 59.7 Å². The fourth-order valence-electron chi connectivity index (χ4n) is 2.16. The van der Waals surface area contributed by atoms with Crippen LogP contribution in [0.3, 0.4) is 0 Å². The molecule has 2 rings (SSSR count). The standard InChI is InChI=1S/C18H23N3O2.HI/c1-3-23-13-15-9-5-4-8-14(15)12-20-18(19)21-16-10-6-7-11-17(16)22-2;/h4-11H,3,12-13H2,1-2H3,(H3,19,20,21);1H. The Balaban J connectivity index is 0.00000288. The minimum Gasteiger partial charge on any atom is -0.495 e. The number of aliphatic imine (C=N–C) groups is 1. The molecule has 0 amide bonds. The van der Waals surface area contributed by atoms with Gasteiger partial charge in [-0.25, -0.2) is 4.99 Å². The lowest BCUT2D eigenvalue weighted by Crippen LogP contribution is -2.23. The van der Waals surface area contributed by atoms with Gasteiger partial charge in [0.25, 0.3) is 0 Å². The van der Waals surface area contributed by atoms with Crippen LogP contribution in [0, 0.1) is 0 Å². The molecule has 0 radical (unpaired) electrons. The summed E-state index contributed by atoms with van der Waals surface area (Å²) in [5, 5.41) is 3.07. The topological polar surface area (TPSA) is 68.9 Å². The SMILES string of the molecule is CCOCc1ccccc1CN=C(N)Nc1ccccc1OC.I. The molecule has 0 aliphatic rings. The van der Waals surface area contributed by atoms with Crippen LogP contribution in [0.1, 0.15) is 18.1 Å². The van der Waals surface area contributed by atoms with Crippen LogP contribution < -0.4 is 15.8 Å². The summed E-state index contributed by atoms with van der Waals surface area (Å²) < 4.78 is 10.8. The fourth-order valence-corrected chi connectivity index (χ4v) is 2.16. The van der Waals surface area contributed by atoms with Crippen LogP contribution >= 0.6 is 24.0 Å². The van der Waals surface area contributed by atoms with E-state index < -0.39 is 0 Å². The number of nitrogens with one attached hydrogen (secondary N) is 1. The van der Waals surface area contributed by atoms with E-state index in [1.54, 1.807) is 7.11 Å². The third-order valence-corrected chi connectivity index (χ3v) is 3.37. The number of nitrogens with two attached hydrogens (primary N) is 1. The van der Waals surface area contributed by atoms with Gasteiger partial charge in [-0.3, -0.25) is 0 Å². The molecule has 0 saturated carbocycles. The van der Waals surface area contributed by atoms with Crippen LogP contribution in [0.5, 0.6) is 5.75 Å². The number of methoxy groups -OCH3 is 1. The van der Waals surface area contributed by atoms with Gasteiger partial charge in [0, 0.05) is 6.61 Å². The van der Waals surface area contributed by atoms with E-state index in [4.69, 9.17) is 15.2 Å². The van der Waals surface area contributed by atoms with Crippen molar-refractivity contribution in [3.63, 3.8) is 0 Å². The lowest BCUT2D eigenvalue weighted by Gasteiger charge is -2.11. The molecule has 0 aliphatic carbocycles. The lowest BCUT2D eigenvalue weighted by atomic mass is 10.1. The molecule has 6 heteroatoms. The summed E-state index contributed by atoms with van der Waals surface area (Å²) in [5.41, 5.74) is 9.00. The number of ether oxygens (including phenoxy) is 2. The molecule has 0 unspecified atom stereocenters. The zero-order valence-corrected chi connectivity index (χ0v) is 16.3. The molecule has 0 aliphatic heterocycles. The zero-order valence-electron chi connectivity index (χ0n) is 14.0. The monoisotopic (exact) mass is 441 g/mol. The molecule has 2 aromatic carbocycles. The number of hydrogen-bond donors (Lipinski definition) is 2. The predicted molar refractivity (Wildman–Crippen MR) is 109 cm³/mol. The van der Waals surface area contributed by atoms with Crippen LogP contribution in [-0.2, 0) is 17.9 Å². The number of halogens is 1. The largest absolute Gasteiger partial charge is 0.495 e. The van der Waals surface area contributed by atoms with Crippen molar-refractivity contribution in [3.8, 4) is 5.75 Å². The van der Waals surface area contributed by atoms with Gasteiger partial charge in [0.05, 0.1) is 25.9 Å². The Bertz CT molecular complexity index is 662. The molecule has 5 nitrogen and oxygen atoms in total. The van der Waals surface area contributed by atoms with E-state index in [1.165, 1.54) is 0 Å². The van der Waals surface area contributed by atoms with E-state index in [-0.39, 0.29) is 24.0 Å². The minimum absolute atomic E-state index is 0. The molecule has 0 bridgehead atoms. The Morgan fingerprint density at radius 1 is 1.08 bits per heavy atom. The molecule has 0 fully saturated rings. The summed E-state index contributed by atoms with van der Waals surface area (Å²) in [6.45, 7) is 3.75. The maximum absolute atomic E-state index is 5.98. The Morgan fingerprint density at radius 3 is 2.46 bits per heavy atom. The summed E-state index contributed by atoms with van der Waals surface area (Å²) in [4.78, 5) is 4.41. The van der Waals surface area contributed by atoms with E-state index in [0.29, 0.717) is 25.7 Å². The van der Waals surface area contributed by atoms with Gasteiger partial charge >= 0.3 is 0 Å². The second-order valence-corrected chi connectivity index (χ2v) is 4.93. The van der Waals surface area contributed by atoms with Crippen LogP contribution in [0.2, 0.25) is 0 Å². The van der Waals surface area contributed by atoms with Crippen molar-refractivity contribution in [1.82, 2.24) is 0 Å². The molecule has 24 heavy (non-hydrogen) atoms. The third-order valence-electron chi connectivity index (χ3n) is 3.37. The number of anilines is 1. The number of guanidine groups is 1. The summed E-state index contributed by atoms with van der Waals surface area (Å²) >= 11 is 0. The van der Waals surface area contributed by atoms with Crippen molar-refractivity contribution in [1.29, 1.82) is 0 Å². The number of para-hydroxylation sites is 2. The molecular weight excluding hydrogens is 417 g/mol. The second kappa shape index (κ2) is 10.9. The first-order valence-electron chi connectivity index (χ1n) is 7.59. The van der Waals surface area contributed by atoms with Crippen LogP contribution in [-0.4, -0.2) is 19.7 Å². The molecular formula is C18H24IN3O2. The highest BCUT2D eigenvalue weighted by molar-refractivity contribution is 14.0. The van der Waals surface area contributed by atoms with Gasteiger partial charge in [-0.1, -0.05) is 36.4 Å². The van der Waals surface area contributed by atoms with E-state index >= 15 is 0 Å². The molecule has 0 saturated heterocycles. The number of hydrogen-bond acceptors (Lipinski definition) is 3. The van der Waals surface area contributed by atoms with Crippen molar-refractivity contribution >= 4 is 35.6 Å². The highest BCUT2D eigenvalue weighted by Crippen LogP contribution is 2.22. The van der Waals surface area contributed by atoms with E-state index in [1.807, 2.05) is 55.5 Å². The van der Waals surface area contributed by atoms with E-state index in [2.05, 4.69) is 10.3 Å². The van der Waals surface area contributed by atoms with Gasteiger partial charge in [-0.2, -0.15) is 0 Å². The van der Waals surface area contributed by atoms with Crippen molar-refractivity contribution < 1.29 is 9.47 Å². The molecule has 3 N–H and O–H groups in total. The molecule has 0 atom stereocenters. The maximum Gasteiger partial charge on any atom is 0.193 e. The van der Waals surface area contributed by atoms with Crippen molar-refractivity contribution in [2.75, 3.05) is 19.0 Å². The van der Waals surface area contributed by atoms with Gasteiger partial charge in [0.2, 0.25) is 0 Å². The van der Waals surface area contributed by atoms with E-state index in [9.17, 15) is 0 Å². The Hall–Kier alpha value is -1.80. The van der Waals surface area contributed by atoms with Crippen molar-refractivity contribution in [2.45, 2.75) is 20.1 Å². The highest BCUT2D eigenvalue weighted by Gasteiger charge is 2.04. The predicted octanol–water partition coefficient (Wildman–Crippen LogP) is 3.78. The first-order chi connectivity index (χ1) is 11.2. The maximum atomic E-state index is 5.98. The molecule has 0 heterocycles. The van der Waals surface area contributed by atoms with Crippen molar-refractivity contribution in [2.24, 2.45) is 10.7 Å². The van der Waals surface area contributed by atoms with E-state index in [0.717, 1.165) is 22.6 Å². The normalized spacial score (nSPS) is 10.8. The minimum atomic E-state index is 0. The quantitative estimate of drug-likeness (QED) is 0.390. The fraction of sp³-hybridized carbons (Fsp3) is 0.278. The van der Waals surface area contributed by atoms with Gasteiger partial charge < -0.3 is 20.5 Å². The summed E-state index contributed by atoms with van der Waals surface area (Å²) in [6.07, 6.45) is 0. The Kier molecular flexibility index (Phi) is 9.18. The second-order valence-electron chi connectivity index (χ2n) is 4.93. The Morgan fingerprint density at radius 2 is 1.75 bits per heavy atom. The van der Waals surface area contributed by atoms with Crippen LogP contribution in [0.25, 0.3) is 0 Å². The zero-order chi connectivity index (χ0) is 16.5. The van der Waals surface area contributed by atoms with Gasteiger partial charge in [0.1, 0.15) is 5.75 Å². The average Bonchev–Trinajstić information content (AvgIpc) is 2.59. The van der Waals surface area contributed by atoms with Crippen LogP contribution in [0.15, 0.2) is 53.5 Å². The lowest BCUT2D eigenvalue weighted by molar-refractivity contribution is 0.133. The summed E-state index contributed by atoms with van der Waals surface area (Å²) in [6, 6.07) is 15.6. The molecule has 0 aromatic heterocycles. The number of nitrogens with zero attached hydrogens (tertiary/aromatic N) is 1. The summed E-state index contributed by atoms with van der Waals surface area (Å²) in [5.74, 6) is 1.07. The Labute approximate surface area is 160 Å². The average molecular weight is 441 g/mol. The molecule has 2 aromatic rings. The van der Waals surface area contributed by atoms with Gasteiger partial charge in [-0.05, 0) is 30.2 Å². The van der Waals surface area contributed by atoms with Gasteiger partial charge in [-0.15, -0.1) is 24.0 Å². The number of rotatable bonds is 7. The van der Waals surface area contributed by atoms with Crippen LogP contribution in [0.4, 0.5) is 5.69 Å². The highest BCUT2D eigenvalue weighted by atomic mass is 127. The third kappa shape index (κ3) is 6.01. The number of benzene rings is 2. The molecule has 0 spiro atoms. The molecule has 130 valence electrons. The first-order valence-corrected chi connectivity index (χ1v) is 7.59. The summed E-state index contributed by atoms with van der Waals surface area (Å²) in [7, 11) is 1.62.